The predicted molar refractivity (Wildman–Crippen MR) is 77.6 cm³/mol. The van der Waals surface area contributed by atoms with Crippen LogP contribution in [0.2, 0.25) is 5.02 Å². The van der Waals surface area contributed by atoms with Crippen LogP contribution in [-0.4, -0.2) is 16.1 Å². The third-order valence-corrected chi connectivity index (χ3v) is 4.47. The van der Waals surface area contributed by atoms with Gasteiger partial charge in [-0.05, 0) is 24.3 Å². The SMILES string of the molecule is FC1(F)N=C(c2ccccn2)SC1(F)c1ccc(Cl)cc1. The van der Waals surface area contributed by atoms with Crippen LogP contribution in [0.25, 0.3) is 0 Å². The van der Waals surface area contributed by atoms with Gasteiger partial charge in [-0.3, -0.25) is 4.98 Å². The van der Waals surface area contributed by atoms with Crippen LogP contribution in [0.5, 0.6) is 0 Å². The molecule has 0 saturated heterocycles. The van der Waals surface area contributed by atoms with Crippen LogP contribution in [0.15, 0.2) is 53.7 Å². The highest BCUT2D eigenvalue weighted by molar-refractivity contribution is 8.15. The zero-order chi connectivity index (χ0) is 15.1. The first-order valence-electron chi connectivity index (χ1n) is 5.95. The Morgan fingerprint density at radius 3 is 2.33 bits per heavy atom. The van der Waals surface area contributed by atoms with E-state index in [2.05, 4.69) is 9.98 Å². The minimum Gasteiger partial charge on any atom is -0.254 e. The summed E-state index contributed by atoms with van der Waals surface area (Å²) in [4.78, 5) is 7.15. The maximum Gasteiger partial charge on any atom is 0.391 e. The van der Waals surface area contributed by atoms with Crippen molar-refractivity contribution in [2.24, 2.45) is 4.99 Å². The zero-order valence-electron chi connectivity index (χ0n) is 10.4. The summed E-state index contributed by atoms with van der Waals surface area (Å²) in [5.74, 6) is 0. The molecule has 0 aliphatic carbocycles. The van der Waals surface area contributed by atoms with Gasteiger partial charge in [0, 0.05) is 16.8 Å². The van der Waals surface area contributed by atoms with Gasteiger partial charge in [-0.1, -0.05) is 41.6 Å². The van der Waals surface area contributed by atoms with Gasteiger partial charge in [-0.25, -0.2) is 9.38 Å². The Labute approximate surface area is 128 Å². The number of nitrogens with zero attached hydrogens (tertiary/aromatic N) is 2. The molecule has 108 valence electrons. The van der Waals surface area contributed by atoms with Gasteiger partial charge in [0.2, 0.25) is 0 Å². The Balaban J connectivity index is 2.01. The van der Waals surface area contributed by atoms with Gasteiger partial charge >= 0.3 is 6.05 Å². The van der Waals surface area contributed by atoms with E-state index in [1.807, 2.05) is 0 Å². The fourth-order valence-electron chi connectivity index (χ4n) is 1.91. The zero-order valence-corrected chi connectivity index (χ0v) is 12.0. The Hall–Kier alpha value is -1.53. The topological polar surface area (TPSA) is 25.2 Å². The second-order valence-electron chi connectivity index (χ2n) is 4.38. The Morgan fingerprint density at radius 1 is 1.00 bits per heavy atom. The lowest BCUT2D eigenvalue weighted by Gasteiger charge is -2.24. The molecule has 1 atom stereocenters. The van der Waals surface area contributed by atoms with E-state index >= 15 is 0 Å². The molecule has 2 heterocycles. The number of aliphatic imine (C=N–C) groups is 1. The summed E-state index contributed by atoms with van der Waals surface area (Å²) in [5.41, 5.74) is 0.0345. The molecule has 1 aliphatic heterocycles. The van der Waals surface area contributed by atoms with Crippen LogP contribution in [0.1, 0.15) is 11.3 Å². The number of hydrogen-bond acceptors (Lipinski definition) is 3. The lowest BCUT2D eigenvalue weighted by molar-refractivity contribution is -0.0815. The predicted octanol–water partition coefficient (Wildman–Crippen LogP) is 4.64. The smallest absolute Gasteiger partial charge is 0.254 e. The molecule has 0 bridgehead atoms. The highest BCUT2D eigenvalue weighted by atomic mass is 35.5. The molecule has 0 N–H and O–H groups in total. The summed E-state index contributed by atoms with van der Waals surface area (Å²) in [6.45, 7) is 0. The van der Waals surface area contributed by atoms with E-state index in [9.17, 15) is 13.2 Å². The van der Waals surface area contributed by atoms with Crippen molar-refractivity contribution in [2.75, 3.05) is 0 Å². The molecular formula is C14H8ClF3N2S. The van der Waals surface area contributed by atoms with Crippen molar-refractivity contribution in [2.45, 2.75) is 11.0 Å². The maximum absolute atomic E-state index is 14.9. The molecular weight excluding hydrogens is 321 g/mol. The van der Waals surface area contributed by atoms with E-state index in [-0.39, 0.29) is 16.3 Å². The highest BCUT2D eigenvalue weighted by Gasteiger charge is 2.62. The second-order valence-corrected chi connectivity index (χ2v) is 5.97. The summed E-state index contributed by atoms with van der Waals surface area (Å²) in [6, 6.07) is 6.11. The summed E-state index contributed by atoms with van der Waals surface area (Å²) in [5, 5.41) is -2.75. The third-order valence-electron chi connectivity index (χ3n) is 2.97. The lowest BCUT2D eigenvalue weighted by Crippen LogP contribution is -2.33. The monoisotopic (exact) mass is 328 g/mol. The van der Waals surface area contributed by atoms with Crippen molar-refractivity contribution >= 4 is 28.4 Å². The minimum atomic E-state index is -3.88. The van der Waals surface area contributed by atoms with E-state index in [0.29, 0.717) is 16.8 Å². The van der Waals surface area contributed by atoms with Crippen molar-refractivity contribution in [3.8, 4) is 0 Å². The molecule has 0 amide bonds. The van der Waals surface area contributed by atoms with Crippen LogP contribution in [0.4, 0.5) is 13.2 Å². The minimum absolute atomic E-state index is 0.127. The van der Waals surface area contributed by atoms with Crippen molar-refractivity contribution in [1.82, 2.24) is 4.98 Å². The molecule has 0 radical (unpaired) electrons. The molecule has 0 fully saturated rings. The number of aromatic nitrogens is 1. The fourth-order valence-corrected chi connectivity index (χ4v) is 3.11. The van der Waals surface area contributed by atoms with Gasteiger partial charge in [0.1, 0.15) is 5.04 Å². The van der Waals surface area contributed by atoms with Crippen molar-refractivity contribution in [1.29, 1.82) is 0 Å². The van der Waals surface area contributed by atoms with Crippen LogP contribution in [-0.2, 0) is 5.00 Å². The van der Waals surface area contributed by atoms with Crippen LogP contribution < -0.4 is 0 Å². The Morgan fingerprint density at radius 2 is 1.71 bits per heavy atom. The Bertz CT molecular complexity index is 691. The number of benzene rings is 1. The largest absolute Gasteiger partial charge is 0.391 e. The van der Waals surface area contributed by atoms with Gasteiger partial charge in [-0.2, -0.15) is 8.78 Å². The first-order valence-corrected chi connectivity index (χ1v) is 7.15. The average Bonchev–Trinajstić information content (AvgIpc) is 2.72. The van der Waals surface area contributed by atoms with Crippen LogP contribution in [0, 0.1) is 0 Å². The first-order chi connectivity index (χ1) is 9.92. The molecule has 1 aromatic heterocycles. The molecule has 3 rings (SSSR count). The van der Waals surface area contributed by atoms with E-state index < -0.39 is 11.0 Å². The molecule has 7 heteroatoms. The molecule has 2 nitrogen and oxygen atoms in total. The number of halogens is 4. The van der Waals surface area contributed by atoms with Crippen molar-refractivity contribution in [3.63, 3.8) is 0 Å². The van der Waals surface area contributed by atoms with Gasteiger partial charge in [0.05, 0.1) is 5.69 Å². The fraction of sp³-hybridized carbons (Fsp3) is 0.143. The summed E-state index contributed by atoms with van der Waals surface area (Å²) in [7, 11) is 0. The van der Waals surface area contributed by atoms with Gasteiger partial charge in [0.25, 0.3) is 5.00 Å². The lowest BCUT2D eigenvalue weighted by atomic mass is 10.1. The van der Waals surface area contributed by atoms with E-state index in [4.69, 9.17) is 11.6 Å². The molecule has 21 heavy (non-hydrogen) atoms. The van der Waals surface area contributed by atoms with E-state index in [1.54, 1.807) is 12.1 Å². The normalized spacial score (nSPS) is 23.9. The van der Waals surface area contributed by atoms with Crippen molar-refractivity contribution in [3.05, 3.63) is 64.9 Å². The standard InChI is InChI=1S/C14H8ClF3N2S/c15-10-6-4-9(5-7-10)13(16)14(17,18)20-12(21-13)11-3-1-2-8-19-11/h1-8H. The van der Waals surface area contributed by atoms with Crippen LogP contribution in [0.3, 0.4) is 0 Å². The number of pyridine rings is 1. The van der Waals surface area contributed by atoms with Crippen LogP contribution >= 0.6 is 23.4 Å². The molecule has 2 aromatic rings. The number of alkyl halides is 3. The highest BCUT2D eigenvalue weighted by Crippen LogP contribution is 2.56. The maximum atomic E-state index is 14.9. The molecule has 1 aromatic carbocycles. The van der Waals surface area contributed by atoms with Crippen molar-refractivity contribution < 1.29 is 13.2 Å². The molecule has 0 spiro atoms. The Kier molecular flexibility index (Phi) is 3.45. The quantitative estimate of drug-likeness (QED) is 0.750. The van der Waals surface area contributed by atoms with Gasteiger partial charge in [0.15, 0.2) is 0 Å². The molecule has 1 aliphatic rings. The average molecular weight is 329 g/mol. The summed E-state index contributed by atoms with van der Waals surface area (Å²) in [6.07, 6.45) is 1.44. The van der Waals surface area contributed by atoms with E-state index in [1.165, 1.54) is 36.5 Å². The van der Waals surface area contributed by atoms with Gasteiger partial charge < -0.3 is 0 Å². The number of thioether (sulfide) groups is 1. The van der Waals surface area contributed by atoms with Gasteiger partial charge in [-0.15, -0.1) is 0 Å². The summed E-state index contributed by atoms with van der Waals surface area (Å²) >= 11 is 6.06. The molecule has 1 unspecified atom stereocenters. The van der Waals surface area contributed by atoms with E-state index in [0.717, 1.165) is 0 Å². The summed E-state index contributed by atoms with van der Waals surface area (Å²) < 4.78 is 43.1. The first kappa shape index (κ1) is 14.4. The second kappa shape index (κ2) is 5.03. The molecule has 0 saturated carbocycles. The number of rotatable bonds is 2. The number of hydrogen-bond donors (Lipinski definition) is 0. The third kappa shape index (κ3) is 2.42.